The molecule has 1 aliphatic carbocycles. The van der Waals surface area contributed by atoms with Crippen LogP contribution in [0.3, 0.4) is 0 Å². The molecule has 1 N–H and O–H groups in total. The van der Waals surface area contributed by atoms with E-state index in [2.05, 4.69) is 77.7 Å². The summed E-state index contributed by atoms with van der Waals surface area (Å²) >= 11 is 0. The summed E-state index contributed by atoms with van der Waals surface area (Å²) in [6.45, 7) is 3.29. The van der Waals surface area contributed by atoms with Gasteiger partial charge in [-0.1, -0.05) is 78.9 Å². The van der Waals surface area contributed by atoms with Crippen LogP contribution in [0.2, 0.25) is 0 Å². The lowest BCUT2D eigenvalue weighted by Gasteiger charge is -2.41. The molecule has 1 heterocycles. The second-order valence-corrected chi connectivity index (χ2v) is 9.07. The molecule has 6 rings (SSSR count). The van der Waals surface area contributed by atoms with E-state index in [1.165, 1.54) is 33.2 Å². The number of nitrogens with zero attached hydrogens (tertiary/aromatic N) is 1. The number of benzene rings is 4. The first-order valence-corrected chi connectivity index (χ1v) is 11.4. The minimum atomic E-state index is 0.0106. The van der Waals surface area contributed by atoms with Crippen LogP contribution in [-0.2, 0) is 11.8 Å². The van der Waals surface area contributed by atoms with E-state index in [1.807, 2.05) is 12.1 Å². The number of fused-ring (bicyclic) bond motifs is 7. The lowest BCUT2D eigenvalue weighted by molar-refractivity contribution is 0.183. The van der Waals surface area contributed by atoms with Crippen LogP contribution in [0.25, 0.3) is 21.9 Å². The van der Waals surface area contributed by atoms with Crippen LogP contribution in [0.1, 0.15) is 29.5 Å². The summed E-state index contributed by atoms with van der Waals surface area (Å²) in [7, 11) is 0. The highest BCUT2D eigenvalue weighted by atomic mass is 16.3. The summed E-state index contributed by atoms with van der Waals surface area (Å²) in [6, 6.07) is 30.1. The van der Waals surface area contributed by atoms with Crippen molar-refractivity contribution in [2.24, 2.45) is 0 Å². The zero-order valence-corrected chi connectivity index (χ0v) is 17.7. The first-order chi connectivity index (χ1) is 15.3. The molecule has 1 fully saturated rings. The van der Waals surface area contributed by atoms with E-state index in [0.29, 0.717) is 5.75 Å². The molecule has 0 bridgehead atoms. The van der Waals surface area contributed by atoms with Crippen molar-refractivity contribution in [3.8, 4) is 16.9 Å². The van der Waals surface area contributed by atoms with Crippen molar-refractivity contribution in [2.45, 2.75) is 24.7 Å². The van der Waals surface area contributed by atoms with Crippen LogP contribution in [0, 0.1) is 0 Å². The van der Waals surface area contributed by atoms with Gasteiger partial charge in [-0.2, -0.15) is 0 Å². The number of hydrogen-bond donors (Lipinski definition) is 1. The molecule has 0 atom stereocenters. The van der Waals surface area contributed by atoms with Crippen LogP contribution in [0.5, 0.6) is 5.75 Å². The van der Waals surface area contributed by atoms with Crippen LogP contribution in [0.4, 0.5) is 0 Å². The Morgan fingerprint density at radius 2 is 1.42 bits per heavy atom. The number of rotatable bonds is 3. The van der Waals surface area contributed by atoms with Gasteiger partial charge in [-0.25, -0.2) is 0 Å². The van der Waals surface area contributed by atoms with E-state index in [0.717, 1.165) is 44.3 Å². The Balaban J connectivity index is 1.36. The first kappa shape index (κ1) is 18.7. The van der Waals surface area contributed by atoms with Crippen molar-refractivity contribution in [3.05, 3.63) is 102 Å². The van der Waals surface area contributed by atoms with Crippen molar-refractivity contribution in [1.82, 2.24) is 4.90 Å². The first-order valence-electron chi connectivity index (χ1n) is 11.4. The van der Waals surface area contributed by atoms with E-state index in [4.69, 9.17) is 0 Å². The molecule has 31 heavy (non-hydrogen) atoms. The SMILES string of the molecule is Oc1cc2c(c3ccccc13)-c1ccccc1C21CCN(CCc2ccccc2)CC1. The van der Waals surface area contributed by atoms with Crippen LogP contribution in [-0.4, -0.2) is 29.6 Å². The minimum Gasteiger partial charge on any atom is -0.507 e. The van der Waals surface area contributed by atoms with E-state index in [-0.39, 0.29) is 5.41 Å². The molecular formula is C29H27NO. The van der Waals surface area contributed by atoms with Crippen LogP contribution >= 0.6 is 0 Å². The maximum Gasteiger partial charge on any atom is 0.123 e. The molecule has 0 amide bonds. The van der Waals surface area contributed by atoms with Crippen molar-refractivity contribution in [2.75, 3.05) is 19.6 Å². The van der Waals surface area contributed by atoms with Gasteiger partial charge in [-0.3, -0.25) is 0 Å². The Morgan fingerprint density at radius 1 is 0.742 bits per heavy atom. The van der Waals surface area contributed by atoms with Gasteiger partial charge >= 0.3 is 0 Å². The third kappa shape index (κ3) is 2.90. The molecular weight excluding hydrogens is 378 g/mol. The molecule has 0 saturated carbocycles. The molecule has 154 valence electrons. The van der Waals surface area contributed by atoms with Crippen LogP contribution in [0.15, 0.2) is 84.9 Å². The summed E-state index contributed by atoms with van der Waals surface area (Å²) < 4.78 is 0. The number of aromatic hydroxyl groups is 1. The molecule has 1 saturated heterocycles. The lowest BCUT2D eigenvalue weighted by Crippen LogP contribution is -2.43. The predicted octanol–water partition coefficient (Wildman–Crippen LogP) is 6.15. The Morgan fingerprint density at radius 3 is 2.23 bits per heavy atom. The minimum absolute atomic E-state index is 0.0106. The van der Waals surface area contributed by atoms with Gasteiger partial charge in [0.1, 0.15) is 5.75 Å². The van der Waals surface area contributed by atoms with E-state index >= 15 is 0 Å². The zero-order chi connectivity index (χ0) is 20.8. The van der Waals surface area contributed by atoms with Crippen molar-refractivity contribution in [3.63, 3.8) is 0 Å². The summed E-state index contributed by atoms with van der Waals surface area (Å²) in [5.74, 6) is 0.410. The normalized spacial score (nSPS) is 17.0. The average molecular weight is 406 g/mol. The molecule has 2 aliphatic rings. The fourth-order valence-electron chi connectivity index (χ4n) is 5.92. The summed E-state index contributed by atoms with van der Waals surface area (Å²) in [5, 5.41) is 13.0. The molecule has 4 aromatic rings. The van der Waals surface area contributed by atoms with Gasteiger partial charge in [0, 0.05) is 17.3 Å². The van der Waals surface area contributed by atoms with Gasteiger partial charge in [0.05, 0.1) is 0 Å². The van der Waals surface area contributed by atoms with Crippen LogP contribution < -0.4 is 0 Å². The Labute approximate surface area is 183 Å². The highest BCUT2D eigenvalue weighted by Crippen LogP contribution is 2.57. The summed E-state index contributed by atoms with van der Waals surface area (Å²) in [5.41, 5.74) is 6.89. The maximum absolute atomic E-state index is 10.9. The number of likely N-dealkylation sites (tertiary alicyclic amines) is 1. The molecule has 1 spiro atoms. The summed E-state index contributed by atoms with van der Waals surface area (Å²) in [4.78, 5) is 2.61. The topological polar surface area (TPSA) is 23.5 Å². The molecule has 0 unspecified atom stereocenters. The molecule has 2 heteroatoms. The number of piperidine rings is 1. The molecule has 0 aromatic heterocycles. The van der Waals surface area contributed by atoms with Gasteiger partial charge in [0.2, 0.25) is 0 Å². The van der Waals surface area contributed by atoms with Gasteiger partial charge in [-0.15, -0.1) is 0 Å². The summed E-state index contributed by atoms with van der Waals surface area (Å²) in [6.07, 6.45) is 3.31. The number of phenolic OH excluding ortho intramolecular Hbond substituents is 1. The van der Waals surface area contributed by atoms with Gasteiger partial charge in [0.15, 0.2) is 0 Å². The van der Waals surface area contributed by atoms with E-state index in [9.17, 15) is 5.11 Å². The standard InChI is InChI=1S/C29H27NO/c31-27-20-26-28(23-11-5-4-10-22(23)27)24-12-6-7-13-25(24)29(26)15-18-30(19-16-29)17-14-21-8-2-1-3-9-21/h1-13,20,31H,14-19H2. The zero-order valence-electron chi connectivity index (χ0n) is 17.7. The monoisotopic (exact) mass is 405 g/mol. The fourth-order valence-corrected chi connectivity index (χ4v) is 5.92. The highest BCUT2D eigenvalue weighted by molar-refractivity contribution is 6.05. The van der Waals surface area contributed by atoms with Crippen molar-refractivity contribution < 1.29 is 5.11 Å². The molecule has 1 aliphatic heterocycles. The Hall–Kier alpha value is -3.10. The second-order valence-electron chi connectivity index (χ2n) is 9.07. The van der Waals surface area contributed by atoms with E-state index in [1.54, 1.807) is 0 Å². The Bertz CT molecular complexity index is 1250. The van der Waals surface area contributed by atoms with Gasteiger partial charge in [-0.05, 0) is 71.6 Å². The largest absolute Gasteiger partial charge is 0.507 e. The highest BCUT2D eigenvalue weighted by Gasteiger charge is 2.45. The van der Waals surface area contributed by atoms with E-state index < -0.39 is 0 Å². The number of phenols is 1. The number of hydrogen-bond acceptors (Lipinski definition) is 2. The molecule has 0 radical (unpaired) electrons. The smallest absolute Gasteiger partial charge is 0.123 e. The van der Waals surface area contributed by atoms with Gasteiger partial charge in [0.25, 0.3) is 0 Å². The molecule has 4 aromatic carbocycles. The predicted molar refractivity (Wildman–Crippen MR) is 128 cm³/mol. The fraction of sp³-hybridized carbons (Fsp3) is 0.241. The van der Waals surface area contributed by atoms with Crippen molar-refractivity contribution in [1.29, 1.82) is 0 Å². The Kier molecular flexibility index (Phi) is 4.36. The average Bonchev–Trinajstić information content (AvgIpc) is 3.09. The van der Waals surface area contributed by atoms with Crippen molar-refractivity contribution >= 4 is 10.8 Å². The third-order valence-corrected chi connectivity index (χ3v) is 7.52. The maximum atomic E-state index is 10.9. The van der Waals surface area contributed by atoms with Gasteiger partial charge < -0.3 is 10.0 Å². The third-order valence-electron chi connectivity index (χ3n) is 7.52. The lowest BCUT2D eigenvalue weighted by atomic mass is 9.70. The quantitative estimate of drug-likeness (QED) is 0.442. The second kappa shape index (κ2) is 7.25. The molecule has 2 nitrogen and oxygen atoms in total.